The van der Waals surface area contributed by atoms with Gasteiger partial charge >= 0.3 is 0 Å². The molecule has 0 aliphatic carbocycles. The van der Waals surface area contributed by atoms with Crippen LogP contribution < -0.4 is 4.90 Å². The van der Waals surface area contributed by atoms with Gasteiger partial charge in [-0.05, 0) is 54.2 Å². The van der Waals surface area contributed by atoms with Crippen LogP contribution in [0.2, 0.25) is 0 Å². The highest BCUT2D eigenvalue weighted by atomic mass is 15.3. The van der Waals surface area contributed by atoms with Crippen LogP contribution in [0.4, 0.5) is 5.82 Å². The summed E-state index contributed by atoms with van der Waals surface area (Å²) < 4.78 is 2.28. The van der Waals surface area contributed by atoms with Gasteiger partial charge in [0.1, 0.15) is 11.9 Å². The maximum absolute atomic E-state index is 10.2. The van der Waals surface area contributed by atoms with Crippen molar-refractivity contribution in [2.75, 3.05) is 31.1 Å². The van der Waals surface area contributed by atoms with Crippen molar-refractivity contribution in [3.05, 3.63) is 113 Å². The van der Waals surface area contributed by atoms with Gasteiger partial charge in [-0.15, -0.1) is 0 Å². The second-order valence-corrected chi connectivity index (χ2v) is 10.9. The van der Waals surface area contributed by atoms with Crippen molar-refractivity contribution in [1.29, 1.82) is 5.26 Å². The Morgan fingerprint density at radius 2 is 1.45 bits per heavy atom. The summed E-state index contributed by atoms with van der Waals surface area (Å²) in [7, 11) is 0. The number of nitriles is 1. The van der Waals surface area contributed by atoms with Gasteiger partial charge in [-0.2, -0.15) is 5.26 Å². The second-order valence-electron chi connectivity index (χ2n) is 10.9. The van der Waals surface area contributed by atoms with E-state index in [-0.39, 0.29) is 6.04 Å². The summed E-state index contributed by atoms with van der Waals surface area (Å²) in [6.45, 7) is 8.12. The molecule has 3 heterocycles. The predicted molar refractivity (Wildman–Crippen MR) is 164 cm³/mol. The maximum Gasteiger partial charge on any atom is 0.157 e. The van der Waals surface area contributed by atoms with Gasteiger partial charge in [0.15, 0.2) is 5.65 Å². The van der Waals surface area contributed by atoms with E-state index in [4.69, 9.17) is 4.98 Å². The lowest BCUT2D eigenvalue weighted by molar-refractivity contribution is 0.211. The SMILES string of the molecule is CCCCCc1c(C)c(C#N)c2nc3ccccc3n2c1N1CCN(C(c2ccccc2)c2ccccc2)CC1. The Labute approximate surface area is 237 Å². The van der Waals surface area contributed by atoms with E-state index in [1.165, 1.54) is 35.3 Å². The fourth-order valence-corrected chi connectivity index (χ4v) is 6.42. The molecule has 5 aromatic rings. The molecule has 0 amide bonds. The first-order valence-corrected chi connectivity index (χ1v) is 14.6. The first-order valence-electron chi connectivity index (χ1n) is 14.6. The molecule has 202 valence electrons. The lowest BCUT2D eigenvalue weighted by Gasteiger charge is -2.41. The third kappa shape index (κ3) is 4.74. The topological polar surface area (TPSA) is 47.6 Å². The molecule has 0 unspecified atom stereocenters. The summed E-state index contributed by atoms with van der Waals surface area (Å²) in [5, 5.41) is 10.2. The summed E-state index contributed by atoms with van der Waals surface area (Å²) in [5.74, 6) is 1.23. The minimum absolute atomic E-state index is 0.227. The van der Waals surface area contributed by atoms with Crippen molar-refractivity contribution in [3.8, 4) is 6.07 Å². The molecule has 1 aliphatic heterocycles. The van der Waals surface area contributed by atoms with Crippen molar-refractivity contribution in [2.45, 2.75) is 45.6 Å². The van der Waals surface area contributed by atoms with Gasteiger partial charge in [-0.1, -0.05) is 92.6 Å². The van der Waals surface area contributed by atoms with E-state index < -0.39 is 0 Å². The summed E-state index contributed by atoms with van der Waals surface area (Å²) in [4.78, 5) is 10.1. The average molecular weight is 528 g/mol. The van der Waals surface area contributed by atoms with Crippen molar-refractivity contribution < 1.29 is 0 Å². The predicted octanol–water partition coefficient (Wildman–Crippen LogP) is 7.31. The molecule has 1 aliphatic rings. The molecule has 0 bridgehead atoms. The monoisotopic (exact) mass is 527 g/mol. The summed E-state index contributed by atoms with van der Waals surface area (Å²) in [5.41, 5.74) is 8.57. The molecule has 5 heteroatoms. The van der Waals surface area contributed by atoms with Crippen LogP contribution in [0.1, 0.15) is 60.0 Å². The highest BCUT2D eigenvalue weighted by molar-refractivity contribution is 5.86. The van der Waals surface area contributed by atoms with Crippen molar-refractivity contribution in [1.82, 2.24) is 14.3 Å². The average Bonchev–Trinajstić information content (AvgIpc) is 3.38. The standard InChI is InChI=1S/C35H37N5/c1-3-4-7-18-29-26(2)30(25-36)34-37-31-19-12-13-20-32(31)40(34)35(29)39-23-21-38(22-24-39)33(27-14-8-5-9-15-27)28-16-10-6-11-17-28/h5-6,8-17,19-20,33H,3-4,7,18,21-24H2,1-2H3. The zero-order valence-electron chi connectivity index (χ0n) is 23.6. The van der Waals surface area contributed by atoms with Crippen LogP contribution in [0.3, 0.4) is 0 Å². The van der Waals surface area contributed by atoms with Crippen LogP contribution in [-0.4, -0.2) is 40.5 Å². The number of unbranched alkanes of at least 4 members (excludes halogenated alkanes) is 2. The number of hydrogen-bond acceptors (Lipinski definition) is 4. The minimum Gasteiger partial charge on any atom is -0.355 e. The number of para-hydroxylation sites is 2. The second kappa shape index (κ2) is 11.5. The Morgan fingerprint density at radius 1 is 0.825 bits per heavy atom. The van der Waals surface area contributed by atoms with E-state index >= 15 is 0 Å². The molecule has 0 radical (unpaired) electrons. The number of pyridine rings is 1. The van der Waals surface area contributed by atoms with Crippen LogP contribution in [0.15, 0.2) is 84.9 Å². The third-order valence-electron chi connectivity index (χ3n) is 8.45. The van der Waals surface area contributed by atoms with E-state index in [0.29, 0.717) is 5.56 Å². The minimum atomic E-state index is 0.227. The third-order valence-corrected chi connectivity index (χ3v) is 8.45. The number of hydrogen-bond donors (Lipinski definition) is 0. The van der Waals surface area contributed by atoms with Crippen molar-refractivity contribution in [2.24, 2.45) is 0 Å². The van der Waals surface area contributed by atoms with Crippen LogP contribution in [-0.2, 0) is 6.42 Å². The Hall–Kier alpha value is -4.14. The number of imidazole rings is 1. The molecule has 6 rings (SSSR count). The summed E-state index contributed by atoms with van der Waals surface area (Å²) >= 11 is 0. The fraction of sp³-hybridized carbons (Fsp3) is 0.314. The smallest absolute Gasteiger partial charge is 0.157 e. The van der Waals surface area contributed by atoms with E-state index in [1.54, 1.807) is 0 Å². The number of nitrogens with zero attached hydrogens (tertiary/aromatic N) is 5. The molecular formula is C35H37N5. The quantitative estimate of drug-likeness (QED) is 0.199. The van der Waals surface area contributed by atoms with Gasteiger partial charge < -0.3 is 4.90 Å². The molecule has 1 fully saturated rings. The summed E-state index contributed by atoms with van der Waals surface area (Å²) in [6, 6.07) is 32.8. The molecule has 0 spiro atoms. The van der Waals surface area contributed by atoms with E-state index in [1.807, 2.05) is 6.07 Å². The Kier molecular flexibility index (Phi) is 7.53. The normalized spacial score (nSPS) is 14.3. The molecular weight excluding hydrogens is 490 g/mol. The molecule has 0 N–H and O–H groups in total. The van der Waals surface area contributed by atoms with Crippen molar-refractivity contribution >= 4 is 22.5 Å². The van der Waals surface area contributed by atoms with E-state index in [9.17, 15) is 5.26 Å². The molecule has 5 nitrogen and oxygen atoms in total. The molecule has 1 saturated heterocycles. The molecule has 2 aromatic heterocycles. The van der Waals surface area contributed by atoms with Crippen LogP contribution >= 0.6 is 0 Å². The Morgan fingerprint density at radius 3 is 2.08 bits per heavy atom. The van der Waals surface area contributed by atoms with E-state index in [0.717, 1.165) is 61.3 Å². The Balaban J connectivity index is 1.41. The van der Waals surface area contributed by atoms with Gasteiger partial charge in [-0.3, -0.25) is 9.30 Å². The largest absolute Gasteiger partial charge is 0.355 e. The van der Waals surface area contributed by atoms with E-state index in [2.05, 4.69) is 113 Å². The molecule has 0 atom stereocenters. The number of benzene rings is 3. The zero-order valence-corrected chi connectivity index (χ0v) is 23.6. The maximum atomic E-state index is 10.2. The highest BCUT2D eigenvalue weighted by Crippen LogP contribution is 2.36. The van der Waals surface area contributed by atoms with Crippen LogP contribution in [0.5, 0.6) is 0 Å². The first-order chi connectivity index (χ1) is 19.7. The van der Waals surface area contributed by atoms with Crippen LogP contribution in [0.25, 0.3) is 16.7 Å². The molecule has 40 heavy (non-hydrogen) atoms. The molecule has 3 aromatic carbocycles. The zero-order chi connectivity index (χ0) is 27.5. The van der Waals surface area contributed by atoms with Gasteiger partial charge in [0.2, 0.25) is 0 Å². The van der Waals surface area contributed by atoms with Gasteiger partial charge in [0, 0.05) is 26.2 Å². The lowest BCUT2D eigenvalue weighted by atomic mass is 9.96. The number of anilines is 1. The number of piperazine rings is 1. The number of aromatic nitrogens is 2. The van der Waals surface area contributed by atoms with Crippen LogP contribution in [0, 0.1) is 18.3 Å². The van der Waals surface area contributed by atoms with Crippen molar-refractivity contribution in [3.63, 3.8) is 0 Å². The first kappa shape index (κ1) is 26.1. The highest BCUT2D eigenvalue weighted by Gasteiger charge is 2.30. The summed E-state index contributed by atoms with van der Waals surface area (Å²) in [6.07, 6.45) is 4.46. The van der Waals surface area contributed by atoms with Gasteiger partial charge in [0.05, 0.1) is 22.6 Å². The van der Waals surface area contributed by atoms with Gasteiger partial charge in [-0.25, -0.2) is 4.98 Å². The Bertz CT molecular complexity index is 1600. The number of fused-ring (bicyclic) bond motifs is 3. The fourth-order valence-electron chi connectivity index (χ4n) is 6.42. The molecule has 0 saturated carbocycles. The van der Waals surface area contributed by atoms with Gasteiger partial charge in [0.25, 0.3) is 0 Å². The number of rotatable bonds is 8. The lowest BCUT2D eigenvalue weighted by Crippen LogP contribution is -2.48.